The van der Waals surface area contributed by atoms with E-state index in [9.17, 15) is 0 Å². The molecule has 2 unspecified atom stereocenters. The molecule has 1 aliphatic heterocycles. The van der Waals surface area contributed by atoms with Gasteiger partial charge in [-0.05, 0) is 13.3 Å². The highest BCUT2D eigenvalue weighted by Crippen LogP contribution is 2.12. The Hall–Kier alpha value is 0.270. The summed E-state index contributed by atoms with van der Waals surface area (Å²) in [7, 11) is 2.20. The molecule has 0 bridgehead atoms. The van der Waals surface area contributed by atoms with Gasteiger partial charge >= 0.3 is 0 Å². The zero-order valence-electron chi connectivity index (χ0n) is 7.63. The molecule has 0 amide bonds. The molecule has 0 saturated carbocycles. The lowest BCUT2D eigenvalue weighted by molar-refractivity contribution is 0.238. The summed E-state index contributed by atoms with van der Waals surface area (Å²) in [5.74, 6) is 0. The minimum absolute atomic E-state index is 0.684. The number of likely N-dealkylation sites (N-methyl/N-ethyl adjacent to an activating group) is 1. The monoisotopic (exact) mass is 174 g/mol. The van der Waals surface area contributed by atoms with Crippen LogP contribution in [-0.4, -0.2) is 49.1 Å². The van der Waals surface area contributed by atoms with Gasteiger partial charge in [0.2, 0.25) is 0 Å². The molecule has 0 aromatic heterocycles. The quantitative estimate of drug-likeness (QED) is 0.661. The van der Waals surface area contributed by atoms with Crippen molar-refractivity contribution in [1.29, 1.82) is 0 Å². The zero-order valence-corrected chi connectivity index (χ0v) is 8.45. The van der Waals surface area contributed by atoms with Crippen LogP contribution in [0, 0.1) is 0 Å². The van der Waals surface area contributed by atoms with Crippen LogP contribution >= 0.6 is 11.8 Å². The number of hydrogen-bond donors (Lipinski definition) is 1. The van der Waals surface area contributed by atoms with Crippen molar-refractivity contribution in [2.75, 3.05) is 32.9 Å². The molecule has 0 radical (unpaired) electrons. The first-order valence-corrected chi connectivity index (χ1v) is 5.47. The van der Waals surface area contributed by atoms with Gasteiger partial charge in [0.15, 0.2) is 0 Å². The van der Waals surface area contributed by atoms with Crippen molar-refractivity contribution in [2.45, 2.75) is 18.2 Å². The summed E-state index contributed by atoms with van der Waals surface area (Å²) in [6.07, 6.45) is 2.18. The van der Waals surface area contributed by atoms with Gasteiger partial charge in [0.25, 0.3) is 0 Å². The third kappa shape index (κ3) is 2.65. The lowest BCUT2D eigenvalue weighted by Crippen LogP contribution is -2.52. The second-order valence-electron chi connectivity index (χ2n) is 3.26. The molecule has 0 spiro atoms. The average Bonchev–Trinajstić information content (AvgIpc) is 2.03. The van der Waals surface area contributed by atoms with Crippen molar-refractivity contribution in [3.8, 4) is 0 Å². The highest BCUT2D eigenvalue weighted by Gasteiger charge is 2.20. The van der Waals surface area contributed by atoms with Crippen LogP contribution in [0.4, 0.5) is 0 Å². The Morgan fingerprint density at radius 3 is 2.91 bits per heavy atom. The number of piperazine rings is 1. The summed E-state index contributed by atoms with van der Waals surface area (Å²) in [6.45, 7) is 5.83. The maximum absolute atomic E-state index is 3.54. The second-order valence-corrected chi connectivity index (χ2v) is 4.48. The Labute approximate surface area is 73.7 Å². The molecule has 1 N–H and O–H groups in total. The molecular formula is C8H18N2S. The summed E-state index contributed by atoms with van der Waals surface area (Å²) >= 11 is 1.94. The van der Waals surface area contributed by atoms with Crippen LogP contribution in [0.15, 0.2) is 0 Å². The van der Waals surface area contributed by atoms with Gasteiger partial charge in [0, 0.05) is 30.9 Å². The van der Waals surface area contributed by atoms with Crippen molar-refractivity contribution in [1.82, 2.24) is 10.2 Å². The van der Waals surface area contributed by atoms with Crippen molar-refractivity contribution < 1.29 is 0 Å². The maximum Gasteiger partial charge on any atom is 0.0311 e. The lowest BCUT2D eigenvalue weighted by Gasteiger charge is -2.33. The summed E-state index contributed by atoms with van der Waals surface area (Å²) in [5.41, 5.74) is 0. The number of thioether (sulfide) groups is 1. The lowest BCUT2D eigenvalue weighted by atomic mass is 10.1. The summed E-state index contributed by atoms with van der Waals surface area (Å²) < 4.78 is 0. The van der Waals surface area contributed by atoms with Crippen LogP contribution in [0.25, 0.3) is 0 Å². The topological polar surface area (TPSA) is 15.3 Å². The van der Waals surface area contributed by atoms with E-state index in [0.717, 1.165) is 11.8 Å². The number of rotatable bonds is 2. The normalized spacial score (nSPS) is 30.3. The van der Waals surface area contributed by atoms with E-state index in [0.29, 0.717) is 6.04 Å². The molecule has 1 heterocycles. The Kier molecular flexibility index (Phi) is 3.69. The summed E-state index contributed by atoms with van der Waals surface area (Å²) in [6, 6.07) is 0.684. The minimum Gasteiger partial charge on any atom is -0.310 e. The third-order valence-corrected chi connectivity index (χ3v) is 3.42. The largest absolute Gasteiger partial charge is 0.310 e. The van der Waals surface area contributed by atoms with Crippen molar-refractivity contribution in [3.05, 3.63) is 0 Å². The van der Waals surface area contributed by atoms with Gasteiger partial charge in [0.1, 0.15) is 0 Å². The SMILES string of the molecule is CSC(C)C1CN(C)CCN1. The number of hydrogen-bond acceptors (Lipinski definition) is 3. The van der Waals surface area contributed by atoms with Gasteiger partial charge in [0.05, 0.1) is 0 Å². The molecule has 1 rings (SSSR count). The minimum atomic E-state index is 0.684. The van der Waals surface area contributed by atoms with Gasteiger partial charge in [-0.25, -0.2) is 0 Å². The van der Waals surface area contributed by atoms with Crippen LogP contribution in [0.2, 0.25) is 0 Å². The van der Waals surface area contributed by atoms with Gasteiger partial charge in [-0.15, -0.1) is 0 Å². The van der Waals surface area contributed by atoms with E-state index < -0.39 is 0 Å². The number of nitrogens with one attached hydrogen (secondary N) is 1. The Balaban J connectivity index is 2.33. The van der Waals surface area contributed by atoms with Gasteiger partial charge in [-0.3, -0.25) is 0 Å². The Bertz CT molecular complexity index is 119. The predicted molar refractivity (Wildman–Crippen MR) is 52.3 cm³/mol. The first-order valence-electron chi connectivity index (χ1n) is 4.18. The molecule has 0 aliphatic carbocycles. The summed E-state index contributed by atoms with van der Waals surface area (Å²) in [4.78, 5) is 2.40. The van der Waals surface area contributed by atoms with Crippen molar-refractivity contribution >= 4 is 11.8 Å². The number of nitrogens with zero attached hydrogens (tertiary/aromatic N) is 1. The average molecular weight is 174 g/mol. The van der Waals surface area contributed by atoms with E-state index in [1.54, 1.807) is 0 Å². The van der Waals surface area contributed by atoms with E-state index >= 15 is 0 Å². The molecule has 2 atom stereocenters. The van der Waals surface area contributed by atoms with Crippen LogP contribution in [-0.2, 0) is 0 Å². The molecule has 0 aromatic rings. The zero-order chi connectivity index (χ0) is 8.27. The van der Waals surface area contributed by atoms with Crippen LogP contribution in [0.5, 0.6) is 0 Å². The van der Waals surface area contributed by atoms with E-state index in [2.05, 4.69) is 30.4 Å². The van der Waals surface area contributed by atoms with Gasteiger partial charge in [-0.2, -0.15) is 11.8 Å². The second kappa shape index (κ2) is 4.33. The highest BCUT2D eigenvalue weighted by molar-refractivity contribution is 7.99. The smallest absolute Gasteiger partial charge is 0.0311 e. The first-order chi connectivity index (χ1) is 5.24. The van der Waals surface area contributed by atoms with Gasteiger partial charge < -0.3 is 10.2 Å². The van der Waals surface area contributed by atoms with E-state index in [1.807, 2.05) is 11.8 Å². The molecule has 3 heteroatoms. The van der Waals surface area contributed by atoms with E-state index in [-0.39, 0.29) is 0 Å². The predicted octanol–water partition coefficient (Wildman–Crippen LogP) is 0.641. The van der Waals surface area contributed by atoms with Crippen molar-refractivity contribution in [3.63, 3.8) is 0 Å². The maximum atomic E-state index is 3.54. The molecule has 1 aliphatic rings. The summed E-state index contributed by atoms with van der Waals surface area (Å²) in [5, 5.41) is 4.27. The molecule has 11 heavy (non-hydrogen) atoms. The van der Waals surface area contributed by atoms with E-state index in [4.69, 9.17) is 0 Å². The fourth-order valence-electron chi connectivity index (χ4n) is 1.41. The van der Waals surface area contributed by atoms with E-state index in [1.165, 1.54) is 13.1 Å². The van der Waals surface area contributed by atoms with Crippen LogP contribution in [0.3, 0.4) is 0 Å². The van der Waals surface area contributed by atoms with Crippen LogP contribution < -0.4 is 5.32 Å². The highest BCUT2D eigenvalue weighted by atomic mass is 32.2. The molecule has 2 nitrogen and oxygen atoms in total. The first kappa shape index (κ1) is 9.36. The fourth-order valence-corrected chi connectivity index (χ4v) is 1.92. The molecule has 66 valence electrons. The Morgan fingerprint density at radius 1 is 1.64 bits per heavy atom. The van der Waals surface area contributed by atoms with Gasteiger partial charge in [-0.1, -0.05) is 6.92 Å². The van der Waals surface area contributed by atoms with Crippen LogP contribution in [0.1, 0.15) is 6.92 Å². The fraction of sp³-hybridized carbons (Fsp3) is 1.00. The third-order valence-electron chi connectivity index (χ3n) is 2.35. The molecule has 1 fully saturated rings. The molecule has 0 aromatic carbocycles. The molecule has 1 saturated heterocycles. The van der Waals surface area contributed by atoms with Crippen molar-refractivity contribution in [2.24, 2.45) is 0 Å². The Morgan fingerprint density at radius 2 is 2.36 bits per heavy atom. The standard InChI is InChI=1S/C8H18N2S/c1-7(11-3)8-6-10(2)5-4-9-8/h7-9H,4-6H2,1-3H3. The molecular weight excluding hydrogens is 156 g/mol.